The summed E-state index contributed by atoms with van der Waals surface area (Å²) in [6.07, 6.45) is 0. The number of aryl methyl sites for hydroxylation is 1. The second-order valence-corrected chi connectivity index (χ2v) is 3.97. The van der Waals surface area contributed by atoms with Gasteiger partial charge in [0.15, 0.2) is 5.82 Å². The van der Waals surface area contributed by atoms with Gasteiger partial charge in [-0.1, -0.05) is 5.16 Å². The Morgan fingerprint density at radius 3 is 2.61 bits per heavy atom. The largest absolute Gasteiger partial charge is 0.481 e. The normalized spacial score (nSPS) is 13.7. The number of carbonyl (C=O) groups is 2. The first kappa shape index (κ1) is 13.9. The molecule has 2 atom stereocenters. The van der Waals surface area contributed by atoms with Crippen LogP contribution in [-0.4, -0.2) is 33.3 Å². The van der Waals surface area contributed by atoms with E-state index < -0.39 is 24.0 Å². The molecule has 0 fully saturated rings. The Hall–Kier alpha value is -2.12. The van der Waals surface area contributed by atoms with Crippen molar-refractivity contribution < 1.29 is 19.2 Å². The average molecular weight is 256 g/mol. The lowest BCUT2D eigenvalue weighted by atomic mass is 10.0. The summed E-state index contributed by atoms with van der Waals surface area (Å²) < 4.78 is 4.74. The number of hydrogen-bond donors (Lipinski definition) is 3. The Labute approximate surface area is 104 Å². The van der Waals surface area contributed by atoms with E-state index in [1.54, 1.807) is 13.8 Å². The number of aromatic nitrogens is 2. The van der Waals surface area contributed by atoms with Gasteiger partial charge < -0.3 is 20.3 Å². The van der Waals surface area contributed by atoms with Gasteiger partial charge in [0, 0.05) is 13.0 Å². The van der Waals surface area contributed by atoms with Gasteiger partial charge in [-0.05, 0) is 13.8 Å². The standard InChI is InChI=1S/C10H16N4O4/c1-5(9(15)16)6(2)12-10(17)11-4-8-13-7(3)18-14-8/h5-6H,4H2,1-3H3,(H,15,16)(H2,11,12,17). The molecule has 0 aliphatic carbocycles. The average Bonchev–Trinajstić information content (AvgIpc) is 2.71. The summed E-state index contributed by atoms with van der Waals surface area (Å²) >= 11 is 0. The fourth-order valence-corrected chi connectivity index (χ4v) is 1.17. The van der Waals surface area contributed by atoms with Crippen molar-refractivity contribution in [1.29, 1.82) is 0 Å². The molecule has 0 bridgehead atoms. The van der Waals surface area contributed by atoms with Crippen LogP contribution in [0.3, 0.4) is 0 Å². The highest BCUT2D eigenvalue weighted by Crippen LogP contribution is 2.02. The number of rotatable bonds is 5. The van der Waals surface area contributed by atoms with E-state index in [9.17, 15) is 9.59 Å². The van der Waals surface area contributed by atoms with Gasteiger partial charge in [-0.3, -0.25) is 4.79 Å². The van der Waals surface area contributed by atoms with Crippen LogP contribution in [0.4, 0.5) is 4.79 Å². The SMILES string of the molecule is Cc1nc(CNC(=O)NC(C)C(C)C(=O)O)no1. The van der Waals surface area contributed by atoms with Crippen LogP contribution in [0.5, 0.6) is 0 Å². The molecule has 0 aliphatic heterocycles. The molecule has 0 aliphatic rings. The van der Waals surface area contributed by atoms with E-state index in [4.69, 9.17) is 9.63 Å². The van der Waals surface area contributed by atoms with Crippen LogP contribution in [0.1, 0.15) is 25.6 Å². The number of amides is 2. The highest BCUT2D eigenvalue weighted by molar-refractivity contribution is 5.76. The molecule has 2 unspecified atom stereocenters. The minimum atomic E-state index is -0.961. The number of nitrogens with one attached hydrogen (secondary N) is 2. The minimum absolute atomic E-state index is 0.122. The first-order chi connectivity index (χ1) is 8.40. The van der Waals surface area contributed by atoms with E-state index >= 15 is 0 Å². The van der Waals surface area contributed by atoms with Crippen molar-refractivity contribution in [3.8, 4) is 0 Å². The zero-order valence-corrected chi connectivity index (χ0v) is 10.4. The van der Waals surface area contributed by atoms with E-state index in [0.29, 0.717) is 11.7 Å². The van der Waals surface area contributed by atoms with Crippen molar-refractivity contribution in [2.75, 3.05) is 0 Å². The number of aliphatic carboxylic acids is 1. The van der Waals surface area contributed by atoms with Gasteiger partial charge in [-0.15, -0.1) is 0 Å². The number of hydrogen-bond acceptors (Lipinski definition) is 5. The summed E-state index contributed by atoms with van der Waals surface area (Å²) in [6, 6.07) is -0.951. The first-order valence-electron chi connectivity index (χ1n) is 5.46. The van der Waals surface area contributed by atoms with Gasteiger partial charge in [-0.2, -0.15) is 4.98 Å². The van der Waals surface area contributed by atoms with E-state index in [-0.39, 0.29) is 6.54 Å². The van der Waals surface area contributed by atoms with Gasteiger partial charge in [0.1, 0.15) is 0 Å². The molecular weight excluding hydrogens is 240 g/mol. The van der Waals surface area contributed by atoms with E-state index in [0.717, 1.165) is 0 Å². The van der Waals surface area contributed by atoms with Crippen LogP contribution in [0, 0.1) is 12.8 Å². The number of carboxylic acids is 1. The lowest BCUT2D eigenvalue weighted by Gasteiger charge is -2.17. The van der Waals surface area contributed by atoms with Crippen molar-refractivity contribution in [1.82, 2.24) is 20.8 Å². The van der Waals surface area contributed by atoms with Gasteiger partial charge in [0.05, 0.1) is 12.5 Å². The summed E-state index contributed by atoms with van der Waals surface area (Å²) in [5.41, 5.74) is 0. The third kappa shape index (κ3) is 4.04. The second kappa shape index (κ2) is 5.99. The van der Waals surface area contributed by atoms with Crippen molar-refractivity contribution in [2.45, 2.75) is 33.4 Å². The quantitative estimate of drug-likeness (QED) is 0.696. The Kier molecular flexibility index (Phi) is 4.64. The van der Waals surface area contributed by atoms with Gasteiger partial charge >= 0.3 is 12.0 Å². The summed E-state index contributed by atoms with van der Waals surface area (Å²) in [4.78, 5) is 26.1. The molecule has 1 heterocycles. The maximum Gasteiger partial charge on any atom is 0.315 e. The third-order valence-electron chi connectivity index (χ3n) is 2.47. The van der Waals surface area contributed by atoms with Crippen molar-refractivity contribution in [3.05, 3.63) is 11.7 Å². The molecule has 18 heavy (non-hydrogen) atoms. The van der Waals surface area contributed by atoms with Crippen LogP contribution in [0.2, 0.25) is 0 Å². The fourth-order valence-electron chi connectivity index (χ4n) is 1.17. The topological polar surface area (TPSA) is 117 Å². The summed E-state index contributed by atoms with van der Waals surface area (Å²) in [5, 5.41) is 17.4. The lowest BCUT2D eigenvalue weighted by Crippen LogP contribution is -2.45. The zero-order chi connectivity index (χ0) is 13.7. The summed E-state index contributed by atoms with van der Waals surface area (Å²) in [7, 11) is 0. The zero-order valence-electron chi connectivity index (χ0n) is 10.4. The molecule has 8 nitrogen and oxygen atoms in total. The molecule has 0 saturated carbocycles. The van der Waals surface area contributed by atoms with Gasteiger partial charge in [-0.25, -0.2) is 4.79 Å². The highest BCUT2D eigenvalue weighted by atomic mass is 16.5. The van der Waals surface area contributed by atoms with Crippen LogP contribution < -0.4 is 10.6 Å². The lowest BCUT2D eigenvalue weighted by molar-refractivity contribution is -0.141. The molecule has 1 aromatic rings. The maximum absolute atomic E-state index is 11.5. The molecule has 8 heteroatoms. The predicted molar refractivity (Wildman–Crippen MR) is 60.7 cm³/mol. The third-order valence-corrected chi connectivity index (χ3v) is 2.47. The number of urea groups is 1. The van der Waals surface area contributed by atoms with Crippen LogP contribution in [-0.2, 0) is 11.3 Å². The van der Waals surface area contributed by atoms with Crippen LogP contribution in [0.25, 0.3) is 0 Å². The molecule has 2 amide bonds. The summed E-state index contributed by atoms with van der Waals surface area (Å²) in [5.74, 6) is -0.846. The van der Waals surface area contributed by atoms with Gasteiger partial charge in [0.25, 0.3) is 0 Å². The monoisotopic (exact) mass is 256 g/mol. The smallest absolute Gasteiger partial charge is 0.315 e. The molecule has 1 rings (SSSR count). The van der Waals surface area contributed by atoms with Crippen LogP contribution in [0.15, 0.2) is 4.52 Å². The van der Waals surface area contributed by atoms with E-state index in [1.165, 1.54) is 6.92 Å². The Balaban J connectivity index is 2.35. The molecule has 100 valence electrons. The van der Waals surface area contributed by atoms with E-state index in [1.807, 2.05) is 0 Å². The van der Waals surface area contributed by atoms with E-state index in [2.05, 4.69) is 20.8 Å². The molecule has 0 spiro atoms. The molecule has 3 N–H and O–H groups in total. The number of carbonyl (C=O) groups excluding carboxylic acids is 1. The molecule has 0 aromatic carbocycles. The number of carboxylic acid groups (broad SMARTS) is 1. The molecule has 0 radical (unpaired) electrons. The second-order valence-electron chi connectivity index (χ2n) is 3.97. The van der Waals surface area contributed by atoms with Crippen molar-refractivity contribution in [3.63, 3.8) is 0 Å². The Morgan fingerprint density at radius 2 is 2.11 bits per heavy atom. The minimum Gasteiger partial charge on any atom is -0.481 e. The van der Waals surface area contributed by atoms with Gasteiger partial charge in [0.2, 0.25) is 5.89 Å². The number of nitrogens with zero attached hydrogens (tertiary/aromatic N) is 2. The van der Waals surface area contributed by atoms with Crippen LogP contribution >= 0.6 is 0 Å². The predicted octanol–water partition coefficient (Wildman–Crippen LogP) is 0.286. The van der Waals surface area contributed by atoms with Crippen molar-refractivity contribution >= 4 is 12.0 Å². The summed E-state index contributed by atoms with van der Waals surface area (Å²) in [6.45, 7) is 4.91. The highest BCUT2D eigenvalue weighted by Gasteiger charge is 2.20. The fraction of sp³-hybridized carbons (Fsp3) is 0.600. The first-order valence-corrected chi connectivity index (χ1v) is 5.46. The molecule has 0 saturated heterocycles. The Morgan fingerprint density at radius 1 is 1.44 bits per heavy atom. The molecule has 1 aromatic heterocycles. The Bertz CT molecular complexity index is 431. The van der Waals surface area contributed by atoms with Crippen molar-refractivity contribution in [2.24, 2.45) is 5.92 Å². The molecular formula is C10H16N4O4. The maximum atomic E-state index is 11.5.